The van der Waals surface area contributed by atoms with Gasteiger partial charge in [0.1, 0.15) is 12.6 Å². The van der Waals surface area contributed by atoms with E-state index in [1.165, 1.54) is 0 Å². The number of hydrogen-bond donors (Lipinski definition) is 3. The summed E-state index contributed by atoms with van der Waals surface area (Å²) >= 11 is 0. The van der Waals surface area contributed by atoms with Gasteiger partial charge in [0.15, 0.2) is 0 Å². The number of nitrogens with one attached hydrogen (secondary N) is 2. The molecule has 3 rings (SSSR count). The van der Waals surface area contributed by atoms with E-state index in [1.807, 2.05) is 45.0 Å². The minimum atomic E-state index is -0.854. The number of benzene rings is 2. The lowest BCUT2D eigenvalue weighted by molar-refractivity contribution is -0.137. The Balaban J connectivity index is 1.60. The zero-order valence-electron chi connectivity index (χ0n) is 20.0. The number of hydrogen-bond acceptors (Lipinski definition) is 4. The average molecular weight is 467 g/mol. The van der Waals surface area contributed by atoms with Gasteiger partial charge < -0.3 is 20.5 Å². The second-order valence-electron chi connectivity index (χ2n) is 9.03. The molecule has 3 atom stereocenters. The molecule has 0 bridgehead atoms. The van der Waals surface area contributed by atoms with Gasteiger partial charge in [0.2, 0.25) is 5.91 Å². The Bertz CT molecular complexity index is 976. The maximum atomic E-state index is 12.9. The maximum absolute atomic E-state index is 12.9. The molecule has 0 spiro atoms. The SMILES string of the molecule is CCC(C)[C@H](NC(=O)OCC1c2ccccc2-c2ccccc21)C(=O)NC(C)CCCC(=O)O. The van der Waals surface area contributed by atoms with E-state index in [-0.39, 0.29) is 36.8 Å². The molecule has 0 radical (unpaired) electrons. The number of amides is 2. The van der Waals surface area contributed by atoms with Crippen LogP contribution in [0, 0.1) is 5.92 Å². The number of alkyl carbamates (subject to hydrolysis) is 1. The smallest absolute Gasteiger partial charge is 0.407 e. The lowest BCUT2D eigenvalue weighted by atomic mass is 9.97. The molecule has 7 nitrogen and oxygen atoms in total. The minimum absolute atomic E-state index is 0.0525. The molecule has 3 N–H and O–H groups in total. The molecule has 1 aliphatic carbocycles. The fourth-order valence-electron chi connectivity index (χ4n) is 4.43. The number of carboxylic acid groups (broad SMARTS) is 1. The minimum Gasteiger partial charge on any atom is -0.481 e. The fraction of sp³-hybridized carbons (Fsp3) is 0.444. The number of ether oxygens (including phenoxy) is 1. The van der Waals surface area contributed by atoms with Crippen molar-refractivity contribution in [2.24, 2.45) is 5.92 Å². The van der Waals surface area contributed by atoms with Crippen LogP contribution in [0.4, 0.5) is 4.79 Å². The van der Waals surface area contributed by atoms with Gasteiger partial charge in [-0.15, -0.1) is 0 Å². The summed E-state index contributed by atoms with van der Waals surface area (Å²) in [6, 6.07) is 15.3. The predicted molar refractivity (Wildman–Crippen MR) is 131 cm³/mol. The van der Waals surface area contributed by atoms with Crippen LogP contribution in [-0.4, -0.2) is 41.8 Å². The second-order valence-corrected chi connectivity index (χ2v) is 9.03. The van der Waals surface area contributed by atoms with Gasteiger partial charge in [-0.1, -0.05) is 68.8 Å². The summed E-state index contributed by atoms with van der Waals surface area (Å²) in [5.41, 5.74) is 4.56. The van der Waals surface area contributed by atoms with Gasteiger partial charge >= 0.3 is 12.1 Å². The molecule has 2 aromatic carbocycles. The summed E-state index contributed by atoms with van der Waals surface area (Å²) < 4.78 is 5.62. The van der Waals surface area contributed by atoms with Crippen LogP contribution in [0.15, 0.2) is 48.5 Å². The van der Waals surface area contributed by atoms with E-state index < -0.39 is 18.1 Å². The van der Waals surface area contributed by atoms with Crippen LogP contribution in [0.25, 0.3) is 11.1 Å². The molecule has 0 heterocycles. The third-order valence-electron chi connectivity index (χ3n) is 6.53. The molecule has 34 heavy (non-hydrogen) atoms. The second kappa shape index (κ2) is 11.7. The Kier molecular flexibility index (Phi) is 8.68. The maximum Gasteiger partial charge on any atom is 0.407 e. The van der Waals surface area contributed by atoms with E-state index in [4.69, 9.17) is 9.84 Å². The highest BCUT2D eigenvalue weighted by Gasteiger charge is 2.31. The van der Waals surface area contributed by atoms with Crippen LogP contribution < -0.4 is 10.6 Å². The molecule has 182 valence electrons. The highest BCUT2D eigenvalue weighted by Crippen LogP contribution is 2.44. The summed E-state index contributed by atoms with van der Waals surface area (Å²) in [5, 5.41) is 14.4. The Morgan fingerprint density at radius 2 is 1.56 bits per heavy atom. The van der Waals surface area contributed by atoms with Crippen molar-refractivity contribution in [1.29, 1.82) is 0 Å². The van der Waals surface area contributed by atoms with Crippen molar-refractivity contribution in [3.8, 4) is 11.1 Å². The van der Waals surface area contributed by atoms with Gasteiger partial charge in [-0.3, -0.25) is 9.59 Å². The van der Waals surface area contributed by atoms with Crippen molar-refractivity contribution in [1.82, 2.24) is 10.6 Å². The van der Waals surface area contributed by atoms with E-state index >= 15 is 0 Å². The number of rotatable bonds is 11. The third-order valence-corrected chi connectivity index (χ3v) is 6.53. The number of carbonyl (C=O) groups excluding carboxylic acids is 2. The molecule has 7 heteroatoms. The molecule has 0 aliphatic heterocycles. The first-order valence-corrected chi connectivity index (χ1v) is 12.0. The monoisotopic (exact) mass is 466 g/mol. The van der Waals surface area contributed by atoms with E-state index in [2.05, 4.69) is 34.9 Å². The Morgan fingerprint density at radius 1 is 0.971 bits per heavy atom. The highest BCUT2D eigenvalue weighted by atomic mass is 16.5. The predicted octanol–water partition coefficient (Wildman–Crippen LogP) is 4.70. The summed E-state index contributed by atoms with van der Waals surface area (Å²) in [7, 11) is 0. The molecule has 2 aromatic rings. The first-order chi connectivity index (χ1) is 16.3. The average Bonchev–Trinajstić information content (AvgIpc) is 3.14. The molecule has 0 fully saturated rings. The standard InChI is InChI=1S/C27H34N2O5/c1-4-17(2)25(26(32)28-18(3)10-9-15-24(30)31)29-27(33)34-16-23-21-13-7-5-11-19(21)20-12-6-8-14-22(20)23/h5-8,11-14,17-18,23,25H,4,9-10,15-16H2,1-3H3,(H,28,32)(H,29,33)(H,30,31)/t17?,18?,25-/m0/s1. The van der Waals surface area contributed by atoms with Crippen LogP contribution in [0.3, 0.4) is 0 Å². The molecular weight excluding hydrogens is 432 g/mol. The Hall–Kier alpha value is -3.35. The van der Waals surface area contributed by atoms with E-state index in [0.29, 0.717) is 19.3 Å². The Labute approximate surface area is 200 Å². The van der Waals surface area contributed by atoms with Crippen molar-refractivity contribution < 1.29 is 24.2 Å². The van der Waals surface area contributed by atoms with Gasteiger partial charge in [-0.05, 0) is 47.9 Å². The van der Waals surface area contributed by atoms with Crippen molar-refractivity contribution in [3.05, 3.63) is 59.7 Å². The summed E-state index contributed by atoms with van der Waals surface area (Å²) in [6.07, 6.45) is 1.17. The topological polar surface area (TPSA) is 105 Å². The number of carboxylic acids is 1. The first-order valence-electron chi connectivity index (χ1n) is 12.0. The van der Waals surface area contributed by atoms with Crippen LogP contribution in [0.1, 0.15) is 63.5 Å². The van der Waals surface area contributed by atoms with Gasteiger partial charge in [0, 0.05) is 18.4 Å². The molecule has 0 aromatic heterocycles. The fourth-order valence-corrected chi connectivity index (χ4v) is 4.43. The number of aliphatic carboxylic acids is 1. The van der Waals surface area contributed by atoms with Crippen molar-refractivity contribution in [2.45, 2.75) is 64.5 Å². The Morgan fingerprint density at radius 3 is 2.12 bits per heavy atom. The van der Waals surface area contributed by atoms with Crippen LogP contribution >= 0.6 is 0 Å². The highest BCUT2D eigenvalue weighted by molar-refractivity contribution is 5.86. The van der Waals surface area contributed by atoms with E-state index in [9.17, 15) is 14.4 Å². The van der Waals surface area contributed by atoms with Gasteiger partial charge in [-0.25, -0.2) is 4.79 Å². The molecule has 2 amide bonds. The van der Waals surface area contributed by atoms with E-state index in [0.717, 1.165) is 22.3 Å². The van der Waals surface area contributed by atoms with Crippen LogP contribution in [0.5, 0.6) is 0 Å². The van der Waals surface area contributed by atoms with Crippen molar-refractivity contribution in [3.63, 3.8) is 0 Å². The molecular formula is C27H34N2O5. The largest absolute Gasteiger partial charge is 0.481 e. The quantitative estimate of drug-likeness (QED) is 0.445. The van der Waals surface area contributed by atoms with Gasteiger partial charge in [0.05, 0.1) is 0 Å². The first kappa shape index (κ1) is 25.3. The summed E-state index contributed by atoms with van der Waals surface area (Å²) in [4.78, 5) is 36.3. The zero-order valence-corrected chi connectivity index (χ0v) is 20.0. The zero-order chi connectivity index (χ0) is 24.7. The van der Waals surface area contributed by atoms with Crippen molar-refractivity contribution >= 4 is 18.0 Å². The lowest BCUT2D eigenvalue weighted by Gasteiger charge is -2.25. The molecule has 0 saturated heterocycles. The van der Waals surface area contributed by atoms with Gasteiger partial charge in [0.25, 0.3) is 0 Å². The van der Waals surface area contributed by atoms with Crippen molar-refractivity contribution in [2.75, 3.05) is 6.61 Å². The van der Waals surface area contributed by atoms with Crippen LogP contribution in [0.2, 0.25) is 0 Å². The third kappa shape index (κ3) is 6.16. The van der Waals surface area contributed by atoms with Crippen LogP contribution in [-0.2, 0) is 14.3 Å². The number of fused-ring (bicyclic) bond motifs is 3. The molecule has 0 saturated carbocycles. The lowest BCUT2D eigenvalue weighted by Crippen LogP contribution is -2.52. The number of carbonyl (C=O) groups is 3. The summed E-state index contributed by atoms with van der Waals surface area (Å²) in [6.45, 7) is 5.88. The van der Waals surface area contributed by atoms with E-state index in [1.54, 1.807) is 0 Å². The van der Waals surface area contributed by atoms with Gasteiger partial charge in [-0.2, -0.15) is 0 Å². The molecule has 2 unspecified atom stereocenters. The normalized spacial score (nSPS) is 14.9. The summed E-state index contributed by atoms with van der Waals surface area (Å²) in [5.74, 6) is -1.28. The molecule has 1 aliphatic rings.